The molecule has 1 aromatic carbocycles. The molecule has 0 spiro atoms. The van der Waals surface area contributed by atoms with Crippen molar-refractivity contribution in [2.24, 2.45) is 5.73 Å². The number of primary amides is 1. The van der Waals surface area contributed by atoms with Crippen molar-refractivity contribution < 1.29 is 4.79 Å². The van der Waals surface area contributed by atoms with Crippen molar-refractivity contribution in [1.29, 1.82) is 5.26 Å². The van der Waals surface area contributed by atoms with Crippen LogP contribution in [0.3, 0.4) is 0 Å². The molecular formula is C18H19N5OS. The number of hydrogen-bond donors (Lipinski definition) is 2. The third-order valence-electron chi connectivity index (χ3n) is 4.11. The smallest absolute Gasteiger partial charge is 0.227 e. The Morgan fingerprint density at radius 2 is 1.96 bits per heavy atom. The van der Waals surface area contributed by atoms with Crippen molar-refractivity contribution >= 4 is 29.2 Å². The molecule has 0 bridgehead atoms. The fourth-order valence-corrected chi connectivity index (χ4v) is 3.71. The van der Waals surface area contributed by atoms with E-state index in [4.69, 9.17) is 11.5 Å². The second kappa shape index (κ2) is 7.45. The van der Waals surface area contributed by atoms with E-state index in [0.29, 0.717) is 27.7 Å². The minimum Gasteiger partial charge on any atom is -0.395 e. The zero-order valence-electron chi connectivity index (χ0n) is 13.7. The molecule has 128 valence electrons. The van der Waals surface area contributed by atoms with Gasteiger partial charge in [0.15, 0.2) is 5.82 Å². The standard InChI is InChI=1S/C18H19N5OS/c19-10-13-15(12-6-2-1-3-7-12)16(21)17(23-8-4-5-9-23)22-18(13)25-11-14(20)24/h1-3,6-7H,4-5,8-9,11,21H2,(H2,20,24). The van der Waals surface area contributed by atoms with Gasteiger partial charge in [-0.1, -0.05) is 42.1 Å². The lowest BCUT2D eigenvalue weighted by Gasteiger charge is -2.22. The molecule has 1 aliphatic heterocycles. The first-order valence-electron chi connectivity index (χ1n) is 8.07. The highest BCUT2D eigenvalue weighted by Crippen LogP contribution is 2.40. The Morgan fingerprint density at radius 3 is 2.56 bits per heavy atom. The van der Waals surface area contributed by atoms with Crippen molar-refractivity contribution in [3.05, 3.63) is 35.9 Å². The number of carbonyl (C=O) groups is 1. The number of thioether (sulfide) groups is 1. The molecule has 1 aromatic heterocycles. The van der Waals surface area contributed by atoms with Crippen LogP contribution < -0.4 is 16.4 Å². The molecule has 2 aromatic rings. The molecule has 7 heteroatoms. The number of amides is 1. The average Bonchev–Trinajstić information content (AvgIpc) is 3.15. The van der Waals surface area contributed by atoms with Gasteiger partial charge >= 0.3 is 0 Å². The summed E-state index contributed by atoms with van der Waals surface area (Å²) >= 11 is 1.18. The number of hydrogen-bond acceptors (Lipinski definition) is 6. The monoisotopic (exact) mass is 353 g/mol. The summed E-state index contributed by atoms with van der Waals surface area (Å²) in [6.07, 6.45) is 2.18. The number of nitriles is 1. The fraction of sp³-hybridized carbons (Fsp3) is 0.278. The number of nitrogen functional groups attached to an aromatic ring is 1. The third-order valence-corrected chi connectivity index (χ3v) is 5.11. The highest BCUT2D eigenvalue weighted by atomic mass is 32.2. The molecule has 2 heterocycles. The van der Waals surface area contributed by atoms with E-state index in [2.05, 4.69) is 16.0 Å². The lowest BCUT2D eigenvalue weighted by molar-refractivity contribution is -0.115. The van der Waals surface area contributed by atoms with Crippen LogP contribution in [0, 0.1) is 11.3 Å². The van der Waals surface area contributed by atoms with Crippen molar-refractivity contribution in [2.45, 2.75) is 17.9 Å². The van der Waals surface area contributed by atoms with Crippen molar-refractivity contribution in [1.82, 2.24) is 4.98 Å². The molecule has 0 unspecified atom stereocenters. The Labute approximate surface area is 150 Å². The van der Waals surface area contributed by atoms with Gasteiger partial charge in [0.05, 0.1) is 17.0 Å². The van der Waals surface area contributed by atoms with E-state index in [1.807, 2.05) is 30.3 Å². The lowest BCUT2D eigenvalue weighted by atomic mass is 10.00. The molecule has 3 rings (SSSR count). The molecule has 1 amide bonds. The molecule has 1 fully saturated rings. The van der Waals surface area contributed by atoms with Gasteiger partial charge in [0.25, 0.3) is 0 Å². The molecule has 1 saturated heterocycles. The van der Waals surface area contributed by atoms with Crippen molar-refractivity contribution in [3.63, 3.8) is 0 Å². The molecule has 4 N–H and O–H groups in total. The van der Waals surface area contributed by atoms with Crippen LogP contribution in [0.15, 0.2) is 35.4 Å². The van der Waals surface area contributed by atoms with Crippen LogP contribution in [0.25, 0.3) is 11.1 Å². The van der Waals surface area contributed by atoms with E-state index in [0.717, 1.165) is 31.5 Å². The van der Waals surface area contributed by atoms with Crippen molar-refractivity contribution in [3.8, 4) is 17.2 Å². The summed E-state index contributed by atoms with van der Waals surface area (Å²) in [5, 5.41) is 10.2. The Morgan fingerprint density at radius 1 is 1.28 bits per heavy atom. The Bertz CT molecular complexity index is 826. The molecule has 0 aliphatic carbocycles. The van der Waals surface area contributed by atoms with Gasteiger partial charge in [-0.3, -0.25) is 4.79 Å². The number of benzene rings is 1. The number of rotatable bonds is 5. The first-order chi connectivity index (χ1) is 12.1. The van der Waals surface area contributed by atoms with Crippen LogP contribution in [-0.2, 0) is 4.79 Å². The van der Waals surface area contributed by atoms with Gasteiger partial charge in [-0.05, 0) is 18.4 Å². The van der Waals surface area contributed by atoms with Gasteiger partial charge in [-0.25, -0.2) is 4.98 Å². The number of aromatic nitrogens is 1. The highest BCUT2D eigenvalue weighted by molar-refractivity contribution is 8.00. The predicted molar refractivity (Wildman–Crippen MR) is 100 cm³/mol. The van der Waals surface area contributed by atoms with Gasteiger partial charge < -0.3 is 16.4 Å². The van der Waals surface area contributed by atoms with Crippen LogP contribution in [0.5, 0.6) is 0 Å². The second-order valence-electron chi connectivity index (χ2n) is 5.83. The first-order valence-corrected chi connectivity index (χ1v) is 9.05. The minimum atomic E-state index is -0.448. The van der Waals surface area contributed by atoms with Gasteiger partial charge in [0.1, 0.15) is 11.1 Å². The summed E-state index contributed by atoms with van der Waals surface area (Å²) in [5.74, 6) is 0.304. The van der Waals surface area contributed by atoms with E-state index in [9.17, 15) is 10.1 Å². The van der Waals surface area contributed by atoms with E-state index in [-0.39, 0.29) is 5.75 Å². The van der Waals surface area contributed by atoms with E-state index in [1.165, 1.54) is 11.8 Å². The second-order valence-corrected chi connectivity index (χ2v) is 6.80. The minimum absolute atomic E-state index is 0.0687. The zero-order chi connectivity index (χ0) is 17.8. The van der Waals surface area contributed by atoms with E-state index >= 15 is 0 Å². The quantitative estimate of drug-likeness (QED) is 0.799. The molecular weight excluding hydrogens is 334 g/mol. The topological polar surface area (TPSA) is 109 Å². The third kappa shape index (κ3) is 3.54. The Hall–Kier alpha value is -2.72. The number of nitrogens with zero attached hydrogens (tertiary/aromatic N) is 3. The van der Waals surface area contributed by atoms with Gasteiger partial charge in [-0.2, -0.15) is 5.26 Å². The SMILES string of the molecule is N#Cc1c(SCC(N)=O)nc(N2CCCC2)c(N)c1-c1ccccc1. The van der Waals surface area contributed by atoms with Crippen LogP contribution in [0.2, 0.25) is 0 Å². The molecule has 0 atom stereocenters. The maximum atomic E-state index is 11.2. The number of anilines is 2. The largest absolute Gasteiger partial charge is 0.395 e. The maximum absolute atomic E-state index is 11.2. The lowest BCUT2D eigenvalue weighted by Crippen LogP contribution is -2.22. The Balaban J connectivity index is 2.19. The molecule has 6 nitrogen and oxygen atoms in total. The Kier molecular flexibility index (Phi) is 5.10. The summed E-state index contributed by atoms with van der Waals surface area (Å²) in [5.41, 5.74) is 14.1. The predicted octanol–water partition coefficient (Wildman–Crippen LogP) is 2.38. The zero-order valence-corrected chi connectivity index (χ0v) is 14.6. The van der Waals surface area contributed by atoms with Crippen LogP contribution in [-0.4, -0.2) is 29.7 Å². The summed E-state index contributed by atoms with van der Waals surface area (Å²) < 4.78 is 0. The normalized spacial score (nSPS) is 13.6. The highest BCUT2D eigenvalue weighted by Gasteiger charge is 2.24. The van der Waals surface area contributed by atoms with Crippen molar-refractivity contribution in [2.75, 3.05) is 29.5 Å². The molecule has 0 radical (unpaired) electrons. The summed E-state index contributed by atoms with van der Waals surface area (Å²) in [7, 11) is 0. The van der Waals surface area contributed by atoms with Gasteiger partial charge in [0, 0.05) is 18.7 Å². The molecule has 0 saturated carbocycles. The average molecular weight is 353 g/mol. The van der Waals surface area contributed by atoms with Gasteiger partial charge in [0.2, 0.25) is 5.91 Å². The number of carbonyl (C=O) groups excluding carboxylic acids is 1. The fourth-order valence-electron chi connectivity index (χ4n) is 2.99. The van der Waals surface area contributed by atoms with Crippen LogP contribution >= 0.6 is 11.8 Å². The molecule has 1 aliphatic rings. The van der Waals surface area contributed by atoms with Gasteiger partial charge in [-0.15, -0.1) is 0 Å². The molecule has 25 heavy (non-hydrogen) atoms. The summed E-state index contributed by atoms with van der Waals surface area (Å²) in [6.45, 7) is 1.77. The summed E-state index contributed by atoms with van der Waals surface area (Å²) in [4.78, 5) is 17.9. The number of nitrogens with two attached hydrogens (primary N) is 2. The maximum Gasteiger partial charge on any atom is 0.227 e. The first kappa shape index (κ1) is 17.1. The van der Waals surface area contributed by atoms with E-state index in [1.54, 1.807) is 0 Å². The van der Waals surface area contributed by atoms with Crippen LogP contribution in [0.4, 0.5) is 11.5 Å². The van der Waals surface area contributed by atoms with Crippen LogP contribution in [0.1, 0.15) is 18.4 Å². The van der Waals surface area contributed by atoms with E-state index < -0.39 is 5.91 Å². The number of pyridine rings is 1. The summed E-state index contributed by atoms with van der Waals surface area (Å²) in [6, 6.07) is 11.8.